The number of anilines is 1. The van der Waals surface area contributed by atoms with Crippen LogP contribution in [0.2, 0.25) is 0 Å². The molecule has 1 heterocycles. The number of benzene rings is 1. The maximum absolute atomic E-state index is 12.3. The second-order valence-corrected chi connectivity index (χ2v) is 4.43. The van der Waals surface area contributed by atoms with Crippen molar-refractivity contribution >= 4 is 11.6 Å². The molecule has 5 nitrogen and oxygen atoms in total. The molecule has 0 unspecified atom stereocenters. The molecule has 3 N–H and O–H groups in total. The second-order valence-electron chi connectivity index (χ2n) is 4.43. The number of hydrogen-bond acceptors (Lipinski definition) is 4. The maximum Gasteiger partial charge on any atom is 0.254 e. The number of amides is 1. The second kappa shape index (κ2) is 5.27. The molecule has 0 saturated carbocycles. The van der Waals surface area contributed by atoms with E-state index in [0.29, 0.717) is 23.5 Å². The van der Waals surface area contributed by atoms with Crippen LogP contribution in [0.15, 0.2) is 18.2 Å². The zero-order chi connectivity index (χ0) is 13.1. The van der Waals surface area contributed by atoms with Crippen molar-refractivity contribution in [1.29, 1.82) is 0 Å². The first-order chi connectivity index (χ1) is 8.67. The van der Waals surface area contributed by atoms with Crippen molar-refractivity contribution in [2.75, 3.05) is 26.0 Å². The molecule has 1 atom stereocenters. The predicted molar refractivity (Wildman–Crippen MR) is 68.6 cm³/mol. The molecular formula is C13H18N2O3. The van der Waals surface area contributed by atoms with Gasteiger partial charge in [-0.05, 0) is 31.0 Å². The van der Waals surface area contributed by atoms with Gasteiger partial charge in [0.25, 0.3) is 5.91 Å². The number of nitrogens with zero attached hydrogens (tertiary/aromatic N) is 1. The summed E-state index contributed by atoms with van der Waals surface area (Å²) in [4.78, 5) is 14.0. The van der Waals surface area contributed by atoms with E-state index in [1.807, 2.05) is 0 Å². The van der Waals surface area contributed by atoms with Crippen molar-refractivity contribution in [3.05, 3.63) is 23.8 Å². The molecule has 1 aromatic rings. The molecule has 1 aliphatic rings. The molecule has 1 aliphatic heterocycles. The SMILES string of the molecule is COc1ccc(C(=O)N2CCC[C@@H]2CO)cc1N. The maximum atomic E-state index is 12.3. The minimum absolute atomic E-state index is 0.0113. The zero-order valence-corrected chi connectivity index (χ0v) is 10.4. The fraction of sp³-hybridized carbons (Fsp3) is 0.462. The van der Waals surface area contributed by atoms with Gasteiger partial charge in [-0.25, -0.2) is 0 Å². The molecule has 0 aliphatic carbocycles. The van der Waals surface area contributed by atoms with Gasteiger partial charge in [0.15, 0.2) is 0 Å². The highest BCUT2D eigenvalue weighted by Gasteiger charge is 2.28. The van der Waals surface area contributed by atoms with E-state index in [1.165, 1.54) is 7.11 Å². The van der Waals surface area contributed by atoms with Crippen LogP contribution in [-0.2, 0) is 0 Å². The number of carbonyl (C=O) groups excluding carboxylic acids is 1. The van der Waals surface area contributed by atoms with Crippen molar-refractivity contribution in [2.24, 2.45) is 0 Å². The number of hydrogen-bond donors (Lipinski definition) is 2. The molecule has 98 valence electrons. The Balaban J connectivity index is 2.21. The van der Waals surface area contributed by atoms with Gasteiger partial charge in [-0.2, -0.15) is 0 Å². The molecule has 1 saturated heterocycles. The molecule has 0 aromatic heterocycles. The van der Waals surface area contributed by atoms with E-state index in [-0.39, 0.29) is 18.6 Å². The normalized spacial score (nSPS) is 19.0. The average molecular weight is 250 g/mol. The Morgan fingerprint density at radius 2 is 2.39 bits per heavy atom. The molecule has 2 rings (SSSR count). The molecule has 1 fully saturated rings. The lowest BCUT2D eigenvalue weighted by Gasteiger charge is -2.23. The van der Waals surface area contributed by atoms with E-state index < -0.39 is 0 Å². The summed E-state index contributed by atoms with van der Waals surface area (Å²) in [5.74, 6) is 0.479. The first-order valence-electron chi connectivity index (χ1n) is 6.02. The lowest BCUT2D eigenvalue weighted by atomic mass is 10.1. The first kappa shape index (κ1) is 12.7. The number of nitrogen functional groups attached to an aromatic ring is 1. The van der Waals surface area contributed by atoms with Gasteiger partial charge >= 0.3 is 0 Å². The summed E-state index contributed by atoms with van der Waals surface area (Å²) in [6, 6.07) is 4.94. The van der Waals surface area contributed by atoms with Crippen LogP contribution in [0.3, 0.4) is 0 Å². The highest BCUT2D eigenvalue weighted by atomic mass is 16.5. The van der Waals surface area contributed by atoms with Crippen LogP contribution in [0.4, 0.5) is 5.69 Å². The molecule has 18 heavy (non-hydrogen) atoms. The van der Waals surface area contributed by atoms with Crippen LogP contribution in [0.25, 0.3) is 0 Å². The number of carbonyl (C=O) groups is 1. The third kappa shape index (κ3) is 2.26. The van der Waals surface area contributed by atoms with E-state index >= 15 is 0 Å². The Bertz CT molecular complexity index is 448. The standard InChI is InChI=1S/C13H18N2O3/c1-18-12-5-4-9(7-11(12)14)13(17)15-6-2-3-10(15)8-16/h4-5,7,10,16H,2-3,6,8,14H2,1H3/t10-/m1/s1. The quantitative estimate of drug-likeness (QED) is 0.781. The van der Waals surface area contributed by atoms with Gasteiger partial charge in [-0.1, -0.05) is 0 Å². The highest BCUT2D eigenvalue weighted by molar-refractivity contribution is 5.95. The molecule has 5 heteroatoms. The first-order valence-corrected chi connectivity index (χ1v) is 6.02. The third-order valence-electron chi connectivity index (χ3n) is 3.33. The molecular weight excluding hydrogens is 232 g/mol. The Hall–Kier alpha value is -1.75. The topological polar surface area (TPSA) is 75.8 Å². The van der Waals surface area contributed by atoms with Crippen molar-refractivity contribution in [3.63, 3.8) is 0 Å². The number of methoxy groups -OCH3 is 1. The summed E-state index contributed by atoms with van der Waals surface area (Å²) in [5.41, 5.74) is 6.77. The number of aliphatic hydroxyl groups is 1. The van der Waals surface area contributed by atoms with Crippen molar-refractivity contribution in [3.8, 4) is 5.75 Å². The summed E-state index contributed by atoms with van der Waals surface area (Å²) in [7, 11) is 1.54. The molecule has 1 aromatic carbocycles. The fourth-order valence-corrected chi connectivity index (χ4v) is 2.33. The smallest absolute Gasteiger partial charge is 0.254 e. The number of aliphatic hydroxyl groups excluding tert-OH is 1. The summed E-state index contributed by atoms with van der Waals surface area (Å²) in [5, 5.41) is 9.23. The average Bonchev–Trinajstić information content (AvgIpc) is 2.86. The fourth-order valence-electron chi connectivity index (χ4n) is 2.33. The van der Waals surface area contributed by atoms with Gasteiger partial charge in [0.2, 0.25) is 0 Å². The van der Waals surface area contributed by atoms with Gasteiger partial charge in [-0.3, -0.25) is 4.79 Å². The molecule has 0 spiro atoms. The van der Waals surface area contributed by atoms with Gasteiger partial charge < -0.3 is 20.5 Å². The summed E-state index contributed by atoms with van der Waals surface area (Å²) in [6.45, 7) is 0.702. The van der Waals surface area contributed by atoms with Crippen LogP contribution < -0.4 is 10.5 Å². The minimum atomic E-state index is -0.0825. The molecule has 0 radical (unpaired) electrons. The third-order valence-corrected chi connectivity index (χ3v) is 3.33. The Morgan fingerprint density at radius 3 is 3.00 bits per heavy atom. The highest BCUT2D eigenvalue weighted by Crippen LogP contribution is 2.25. The van der Waals surface area contributed by atoms with Crippen LogP contribution in [0.5, 0.6) is 5.75 Å². The largest absolute Gasteiger partial charge is 0.495 e. The van der Waals surface area contributed by atoms with Crippen LogP contribution in [0.1, 0.15) is 23.2 Å². The van der Waals surface area contributed by atoms with Crippen molar-refractivity contribution in [2.45, 2.75) is 18.9 Å². The van der Waals surface area contributed by atoms with Gasteiger partial charge in [0.1, 0.15) is 5.75 Å². The van der Waals surface area contributed by atoms with Gasteiger partial charge in [0.05, 0.1) is 25.4 Å². The van der Waals surface area contributed by atoms with Crippen molar-refractivity contribution < 1.29 is 14.6 Å². The Morgan fingerprint density at radius 1 is 1.61 bits per heavy atom. The van der Waals surface area contributed by atoms with Gasteiger partial charge in [0, 0.05) is 12.1 Å². The van der Waals surface area contributed by atoms with E-state index in [9.17, 15) is 9.90 Å². The van der Waals surface area contributed by atoms with E-state index in [0.717, 1.165) is 12.8 Å². The Kier molecular flexibility index (Phi) is 3.72. The van der Waals surface area contributed by atoms with Crippen LogP contribution in [0, 0.1) is 0 Å². The number of ether oxygens (including phenoxy) is 1. The molecule has 0 bridgehead atoms. The van der Waals surface area contributed by atoms with Gasteiger partial charge in [-0.15, -0.1) is 0 Å². The monoisotopic (exact) mass is 250 g/mol. The number of rotatable bonds is 3. The Labute approximate surface area is 106 Å². The number of likely N-dealkylation sites (tertiary alicyclic amines) is 1. The lowest BCUT2D eigenvalue weighted by molar-refractivity contribution is 0.0677. The summed E-state index contributed by atoms with van der Waals surface area (Å²) < 4.78 is 5.06. The van der Waals surface area contributed by atoms with E-state index in [4.69, 9.17) is 10.5 Å². The van der Waals surface area contributed by atoms with E-state index in [2.05, 4.69) is 0 Å². The summed E-state index contributed by atoms with van der Waals surface area (Å²) in [6.07, 6.45) is 1.79. The van der Waals surface area contributed by atoms with Crippen LogP contribution in [-0.4, -0.2) is 42.2 Å². The summed E-state index contributed by atoms with van der Waals surface area (Å²) >= 11 is 0. The zero-order valence-electron chi connectivity index (χ0n) is 10.4. The lowest BCUT2D eigenvalue weighted by Crippen LogP contribution is -2.37. The minimum Gasteiger partial charge on any atom is -0.495 e. The molecule has 1 amide bonds. The predicted octanol–water partition coefficient (Wildman–Crippen LogP) is 0.874. The van der Waals surface area contributed by atoms with Crippen LogP contribution >= 0.6 is 0 Å². The number of nitrogens with two attached hydrogens (primary N) is 1. The van der Waals surface area contributed by atoms with Crippen molar-refractivity contribution in [1.82, 2.24) is 4.90 Å². The van der Waals surface area contributed by atoms with E-state index in [1.54, 1.807) is 23.1 Å².